The number of hydrogen-bond acceptors (Lipinski definition) is 3. The highest BCUT2D eigenvalue weighted by atomic mass is 32.1. The largest absolute Gasteiger partial charge is 0.325 e. The van der Waals surface area contributed by atoms with Crippen LogP contribution in [0.5, 0.6) is 0 Å². The molecule has 0 saturated heterocycles. The standard InChI is InChI=1S/C16H19N3S/c1-10(2)12-4-6-13(7-5-12)15-14(8-17)19-9-11(3)20-16(19)18-15/h4-7,9-10H,8,17H2,1-3H3. The predicted molar refractivity (Wildman–Crippen MR) is 85.2 cm³/mol. The molecule has 0 fully saturated rings. The van der Waals surface area contributed by atoms with Crippen molar-refractivity contribution in [3.8, 4) is 11.3 Å². The van der Waals surface area contributed by atoms with Gasteiger partial charge in [-0.05, 0) is 18.4 Å². The zero-order chi connectivity index (χ0) is 14.3. The summed E-state index contributed by atoms with van der Waals surface area (Å²) in [7, 11) is 0. The Morgan fingerprint density at radius 1 is 1.25 bits per heavy atom. The average Bonchev–Trinajstić information content (AvgIpc) is 2.94. The van der Waals surface area contributed by atoms with Crippen molar-refractivity contribution in [2.75, 3.05) is 0 Å². The van der Waals surface area contributed by atoms with E-state index in [4.69, 9.17) is 10.7 Å². The Balaban J connectivity index is 2.11. The van der Waals surface area contributed by atoms with Crippen LogP contribution in [0.2, 0.25) is 0 Å². The SMILES string of the molecule is Cc1cn2c(CN)c(-c3ccc(C(C)C)cc3)nc2s1. The first-order chi connectivity index (χ1) is 9.60. The molecular weight excluding hydrogens is 266 g/mol. The Morgan fingerprint density at radius 2 is 1.95 bits per heavy atom. The number of aromatic nitrogens is 2. The number of aryl methyl sites for hydroxylation is 1. The minimum atomic E-state index is 0.499. The van der Waals surface area contributed by atoms with Gasteiger partial charge < -0.3 is 5.73 Å². The summed E-state index contributed by atoms with van der Waals surface area (Å²) in [4.78, 5) is 7.02. The molecule has 0 bridgehead atoms. The van der Waals surface area contributed by atoms with Gasteiger partial charge in [-0.2, -0.15) is 0 Å². The van der Waals surface area contributed by atoms with E-state index in [-0.39, 0.29) is 0 Å². The molecule has 0 radical (unpaired) electrons. The van der Waals surface area contributed by atoms with E-state index in [1.807, 2.05) is 0 Å². The summed E-state index contributed by atoms with van der Waals surface area (Å²) in [5.74, 6) is 0.547. The number of rotatable bonds is 3. The summed E-state index contributed by atoms with van der Waals surface area (Å²) >= 11 is 1.70. The zero-order valence-corrected chi connectivity index (χ0v) is 12.9. The van der Waals surface area contributed by atoms with Gasteiger partial charge in [0.1, 0.15) is 0 Å². The lowest BCUT2D eigenvalue weighted by Crippen LogP contribution is -2.01. The predicted octanol–water partition coefficient (Wildman–Crippen LogP) is 3.95. The second-order valence-electron chi connectivity index (χ2n) is 5.38. The molecule has 1 aromatic carbocycles. The fourth-order valence-electron chi connectivity index (χ4n) is 2.45. The van der Waals surface area contributed by atoms with Crippen LogP contribution >= 0.6 is 11.3 Å². The van der Waals surface area contributed by atoms with Crippen molar-refractivity contribution in [2.24, 2.45) is 5.73 Å². The van der Waals surface area contributed by atoms with Crippen LogP contribution in [0.25, 0.3) is 16.2 Å². The molecule has 3 nitrogen and oxygen atoms in total. The topological polar surface area (TPSA) is 43.3 Å². The normalized spacial score (nSPS) is 11.7. The molecule has 0 atom stereocenters. The average molecular weight is 285 g/mol. The van der Waals surface area contributed by atoms with Gasteiger partial charge in [-0.15, -0.1) is 11.3 Å². The van der Waals surface area contributed by atoms with Gasteiger partial charge in [0, 0.05) is 23.2 Å². The van der Waals surface area contributed by atoms with Gasteiger partial charge in [0.05, 0.1) is 11.4 Å². The molecule has 0 aliphatic heterocycles. The van der Waals surface area contributed by atoms with Crippen molar-refractivity contribution >= 4 is 16.3 Å². The summed E-state index contributed by atoms with van der Waals surface area (Å²) in [6.07, 6.45) is 2.11. The monoisotopic (exact) mass is 285 g/mol. The van der Waals surface area contributed by atoms with Crippen LogP contribution in [0.15, 0.2) is 30.5 Å². The molecule has 3 rings (SSSR count). The van der Waals surface area contributed by atoms with Crippen molar-refractivity contribution in [1.82, 2.24) is 9.38 Å². The first kappa shape index (κ1) is 13.3. The Morgan fingerprint density at radius 3 is 2.55 bits per heavy atom. The number of fused-ring (bicyclic) bond motifs is 1. The summed E-state index contributed by atoms with van der Waals surface area (Å²) < 4.78 is 2.12. The lowest BCUT2D eigenvalue weighted by Gasteiger charge is -2.06. The molecule has 2 N–H and O–H groups in total. The third-order valence-electron chi connectivity index (χ3n) is 3.58. The maximum atomic E-state index is 5.93. The molecule has 20 heavy (non-hydrogen) atoms. The van der Waals surface area contributed by atoms with Crippen LogP contribution in [-0.2, 0) is 6.54 Å². The van der Waals surface area contributed by atoms with Gasteiger partial charge in [-0.1, -0.05) is 38.1 Å². The number of nitrogens with two attached hydrogens (primary N) is 1. The third kappa shape index (κ3) is 2.15. The lowest BCUT2D eigenvalue weighted by atomic mass is 10.0. The highest BCUT2D eigenvalue weighted by Gasteiger charge is 2.14. The molecule has 0 amide bonds. The summed E-state index contributed by atoms with van der Waals surface area (Å²) in [6, 6.07) is 8.65. The molecule has 3 aromatic rings. The molecule has 2 heterocycles. The second kappa shape index (κ2) is 5.04. The van der Waals surface area contributed by atoms with Crippen LogP contribution in [0, 0.1) is 6.92 Å². The number of benzene rings is 1. The van der Waals surface area contributed by atoms with Gasteiger partial charge in [0.15, 0.2) is 4.96 Å². The third-order valence-corrected chi connectivity index (χ3v) is 4.48. The van der Waals surface area contributed by atoms with Crippen LogP contribution in [0.3, 0.4) is 0 Å². The van der Waals surface area contributed by atoms with Gasteiger partial charge in [-0.25, -0.2) is 4.98 Å². The second-order valence-corrected chi connectivity index (χ2v) is 6.60. The Kier molecular flexibility index (Phi) is 3.36. The molecule has 2 aromatic heterocycles. The van der Waals surface area contributed by atoms with E-state index in [9.17, 15) is 0 Å². The van der Waals surface area contributed by atoms with Crippen molar-refractivity contribution in [3.63, 3.8) is 0 Å². The molecule has 0 aliphatic rings. The fourth-order valence-corrected chi connectivity index (χ4v) is 3.30. The first-order valence-corrected chi connectivity index (χ1v) is 7.69. The molecule has 0 saturated carbocycles. The number of nitrogens with zero attached hydrogens (tertiary/aromatic N) is 2. The Hall–Kier alpha value is -1.65. The fraction of sp³-hybridized carbons (Fsp3) is 0.312. The Bertz CT molecular complexity index is 735. The van der Waals surface area contributed by atoms with E-state index in [0.717, 1.165) is 21.9 Å². The molecular formula is C16H19N3S. The van der Waals surface area contributed by atoms with E-state index in [2.05, 4.69) is 55.6 Å². The van der Waals surface area contributed by atoms with Crippen molar-refractivity contribution in [2.45, 2.75) is 33.2 Å². The van der Waals surface area contributed by atoms with Crippen LogP contribution in [-0.4, -0.2) is 9.38 Å². The van der Waals surface area contributed by atoms with Crippen LogP contribution in [0.1, 0.15) is 35.9 Å². The minimum absolute atomic E-state index is 0.499. The summed E-state index contributed by atoms with van der Waals surface area (Å²) in [5.41, 5.74) is 10.5. The maximum Gasteiger partial charge on any atom is 0.194 e. The molecule has 0 aliphatic carbocycles. The van der Waals surface area contributed by atoms with E-state index >= 15 is 0 Å². The quantitative estimate of drug-likeness (QED) is 0.791. The molecule has 0 spiro atoms. The van der Waals surface area contributed by atoms with Gasteiger partial charge in [-0.3, -0.25) is 4.40 Å². The number of imidazole rings is 1. The van der Waals surface area contributed by atoms with Crippen LogP contribution < -0.4 is 5.73 Å². The van der Waals surface area contributed by atoms with Crippen molar-refractivity contribution < 1.29 is 0 Å². The maximum absolute atomic E-state index is 5.93. The zero-order valence-electron chi connectivity index (χ0n) is 12.1. The summed E-state index contributed by atoms with van der Waals surface area (Å²) in [6.45, 7) is 7.00. The molecule has 104 valence electrons. The summed E-state index contributed by atoms with van der Waals surface area (Å²) in [5, 5.41) is 0. The number of thiazole rings is 1. The van der Waals surface area contributed by atoms with E-state index in [1.165, 1.54) is 10.4 Å². The highest BCUT2D eigenvalue weighted by molar-refractivity contribution is 7.17. The van der Waals surface area contributed by atoms with E-state index < -0.39 is 0 Å². The lowest BCUT2D eigenvalue weighted by molar-refractivity contribution is 0.867. The molecule has 0 unspecified atom stereocenters. The van der Waals surface area contributed by atoms with Gasteiger partial charge in [0.25, 0.3) is 0 Å². The number of hydrogen-bond donors (Lipinski definition) is 1. The van der Waals surface area contributed by atoms with E-state index in [0.29, 0.717) is 12.5 Å². The Labute approximate surface area is 123 Å². The van der Waals surface area contributed by atoms with Crippen molar-refractivity contribution in [3.05, 3.63) is 46.6 Å². The van der Waals surface area contributed by atoms with Gasteiger partial charge in [0.2, 0.25) is 0 Å². The van der Waals surface area contributed by atoms with E-state index in [1.54, 1.807) is 11.3 Å². The highest BCUT2D eigenvalue weighted by Crippen LogP contribution is 2.29. The van der Waals surface area contributed by atoms with Crippen molar-refractivity contribution in [1.29, 1.82) is 0 Å². The minimum Gasteiger partial charge on any atom is -0.325 e. The van der Waals surface area contributed by atoms with Gasteiger partial charge >= 0.3 is 0 Å². The first-order valence-electron chi connectivity index (χ1n) is 6.88. The van der Waals surface area contributed by atoms with Crippen LogP contribution in [0.4, 0.5) is 0 Å². The molecule has 4 heteroatoms. The smallest absolute Gasteiger partial charge is 0.194 e.